The highest BCUT2D eigenvalue weighted by Crippen LogP contribution is 2.34. The van der Waals surface area contributed by atoms with E-state index >= 15 is 0 Å². The fourth-order valence-corrected chi connectivity index (χ4v) is 3.08. The van der Waals surface area contributed by atoms with E-state index in [9.17, 15) is 22.8 Å². The lowest BCUT2D eigenvalue weighted by Crippen LogP contribution is -2.04. The van der Waals surface area contributed by atoms with Crippen LogP contribution in [0.15, 0.2) is 70.7 Å². The molecular weight excluding hydrogens is 364 g/mol. The molecule has 3 aromatic rings. The third kappa shape index (κ3) is 4.03. The standard InChI is InChI=1S/C19H10F4N2S/c20-16-4-6-17(7-5-16)26-18-13(10-24)8-14(11-25-18)12-2-1-3-15(9-12)19(21,22)23/h1-9,11H. The Hall–Kier alpha value is -2.85. The van der Waals surface area contributed by atoms with Crippen LogP contribution >= 0.6 is 11.8 Å². The van der Waals surface area contributed by atoms with E-state index in [1.54, 1.807) is 12.1 Å². The third-order valence-corrected chi connectivity index (χ3v) is 4.55. The van der Waals surface area contributed by atoms with Gasteiger partial charge in [0.2, 0.25) is 0 Å². The van der Waals surface area contributed by atoms with Crippen molar-refractivity contribution in [3.8, 4) is 17.2 Å². The van der Waals surface area contributed by atoms with Crippen molar-refractivity contribution < 1.29 is 17.6 Å². The highest BCUT2D eigenvalue weighted by atomic mass is 32.2. The minimum atomic E-state index is -4.44. The lowest BCUT2D eigenvalue weighted by molar-refractivity contribution is -0.137. The number of rotatable bonds is 3. The first kappa shape index (κ1) is 18.0. The van der Waals surface area contributed by atoms with Crippen molar-refractivity contribution in [2.75, 3.05) is 0 Å². The number of alkyl halides is 3. The maximum atomic E-state index is 13.0. The lowest BCUT2D eigenvalue weighted by atomic mass is 10.0. The molecule has 0 saturated carbocycles. The summed E-state index contributed by atoms with van der Waals surface area (Å²) < 4.78 is 51.6. The molecule has 0 N–H and O–H groups in total. The van der Waals surface area contributed by atoms with Crippen molar-refractivity contribution in [1.29, 1.82) is 5.26 Å². The molecule has 7 heteroatoms. The van der Waals surface area contributed by atoms with Crippen LogP contribution in [0.5, 0.6) is 0 Å². The number of hydrogen-bond acceptors (Lipinski definition) is 3. The van der Waals surface area contributed by atoms with E-state index in [2.05, 4.69) is 4.98 Å². The van der Waals surface area contributed by atoms with Gasteiger partial charge in [-0.05, 0) is 48.0 Å². The number of nitrogens with zero attached hydrogens (tertiary/aromatic N) is 2. The van der Waals surface area contributed by atoms with Crippen molar-refractivity contribution in [1.82, 2.24) is 4.98 Å². The summed E-state index contributed by atoms with van der Waals surface area (Å²) in [4.78, 5) is 4.90. The third-order valence-electron chi connectivity index (χ3n) is 3.52. The molecule has 0 bridgehead atoms. The SMILES string of the molecule is N#Cc1cc(-c2cccc(C(F)(F)F)c2)cnc1Sc1ccc(F)cc1. The number of halogens is 4. The molecule has 0 fully saturated rings. The van der Waals surface area contributed by atoms with Gasteiger partial charge in [-0.25, -0.2) is 9.37 Å². The van der Waals surface area contributed by atoms with Crippen LogP contribution < -0.4 is 0 Å². The molecule has 0 atom stereocenters. The van der Waals surface area contributed by atoms with E-state index in [0.717, 1.165) is 12.1 Å². The average molecular weight is 374 g/mol. The second-order valence-corrected chi connectivity index (χ2v) is 6.39. The number of hydrogen-bond donors (Lipinski definition) is 0. The van der Waals surface area contributed by atoms with Gasteiger partial charge in [-0.1, -0.05) is 23.9 Å². The molecule has 0 aliphatic carbocycles. The van der Waals surface area contributed by atoms with Gasteiger partial charge in [-0.2, -0.15) is 18.4 Å². The molecular formula is C19H10F4N2S. The topological polar surface area (TPSA) is 36.7 Å². The minimum Gasteiger partial charge on any atom is -0.248 e. The maximum Gasteiger partial charge on any atom is 0.416 e. The Morgan fingerprint density at radius 1 is 0.962 bits per heavy atom. The van der Waals surface area contributed by atoms with Crippen LogP contribution in [0.25, 0.3) is 11.1 Å². The van der Waals surface area contributed by atoms with Gasteiger partial charge in [-0.3, -0.25) is 0 Å². The Morgan fingerprint density at radius 2 is 1.69 bits per heavy atom. The molecule has 2 nitrogen and oxygen atoms in total. The van der Waals surface area contributed by atoms with Crippen molar-refractivity contribution in [3.63, 3.8) is 0 Å². The monoisotopic (exact) mass is 374 g/mol. The Bertz CT molecular complexity index is 976. The van der Waals surface area contributed by atoms with Gasteiger partial charge in [0.05, 0.1) is 11.1 Å². The number of aromatic nitrogens is 1. The summed E-state index contributed by atoms with van der Waals surface area (Å²) >= 11 is 1.18. The zero-order valence-electron chi connectivity index (χ0n) is 13.1. The summed E-state index contributed by atoms with van der Waals surface area (Å²) in [6.45, 7) is 0. The largest absolute Gasteiger partial charge is 0.416 e. The van der Waals surface area contributed by atoms with Gasteiger partial charge < -0.3 is 0 Å². The van der Waals surface area contributed by atoms with Crippen LogP contribution in [0.4, 0.5) is 17.6 Å². The molecule has 0 saturated heterocycles. The van der Waals surface area contributed by atoms with E-state index in [-0.39, 0.29) is 11.4 Å². The number of nitriles is 1. The van der Waals surface area contributed by atoms with E-state index in [1.165, 1.54) is 48.3 Å². The van der Waals surface area contributed by atoms with Gasteiger partial charge in [0.1, 0.15) is 16.9 Å². The molecule has 2 aromatic carbocycles. The Morgan fingerprint density at radius 3 is 2.35 bits per heavy atom. The van der Waals surface area contributed by atoms with Crippen molar-refractivity contribution in [2.45, 2.75) is 16.1 Å². The normalized spacial score (nSPS) is 11.2. The summed E-state index contributed by atoms with van der Waals surface area (Å²) in [7, 11) is 0. The summed E-state index contributed by atoms with van der Waals surface area (Å²) in [5.74, 6) is -0.372. The predicted octanol–water partition coefficient (Wildman–Crippen LogP) is 5.93. The molecule has 130 valence electrons. The molecule has 1 heterocycles. The molecule has 0 radical (unpaired) electrons. The number of pyridine rings is 1. The first-order valence-electron chi connectivity index (χ1n) is 7.38. The van der Waals surface area contributed by atoms with E-state index < -0.39 is 11.7 Å². The number of benzene rings is 2. The van der Waals surface area contributed by atoms with Crippen molar-refractivity contribution >= 4 is 11.8 Å². The van der Waals surface area contributed by atoms with Gasteiger partial charge >= 0.3 is 6.18 Å². The average Bonchev–Trinajstić information content (AvgIpc) is 2.63. The quantitative estimate of drug-likeness (QED) is 0.533. The van der Waals surface area contributed by atoms with E-state index in [4.69, 9.17) is 0 Å². The first-order chi connectivity index (χ1) is 12.4. The maximum absolute atomic E-state index is 13.0. The Balaban J connectivity index is 1.94. The zero-order chi connectivity index (χ0) is 18.7. The van der Waals surface area contributed by atoms with E-state index in [0.29, 0.717) is 21.0 Å². The van der Waals surface area contributed by atoms with Crippen LogP contribution in [0.1, 0.15) is 11.1 Å². The highest BCUT2D eigenvalue weighted by Gasteiger charge is 2.30. The van der Waals surface area contributed by atoms with Crippen LogP contribution in [0.3, 0.4) is 0 Å². The van der Waals surface area contributed by atoms with Crippen LogP contribution in [0, 0.1) is 17.1 Å². The van der Waals surface area contributed by atoms with Gasteiger partial charge in [-0.15, -0.1) is 0 Å². The summed E-state index contributed by atoms with van der Waals surface area (Å²) in [6.07, 6.45) is -3.03. The highest BCUT2D eigenvalue weighted by molar-refractivity contribution is 7.99. The fraction of sp³-hybridized carbons (Fsp3) is 0.0526. The molecule has 26 heavy (non-hydrogen) atoms. The Kier molecular flexibility index (Phi) is 4.96. The predicted molar refractivity (Wildman–Crippen MR) is 89.9 cm³/mol. The summed E-state index contributed by atoms with van der Waals surface area (Å²) in [6, 6.07) is 14.1. The van der Waals surface area contributed by atoms with Crippen LogP contribution in [0.2, 0.25) is 0 Å². The molecule has 0 amide bonds. The Labute approximate surface area is 151 Å². The smallest absolute Gasteiger partial charge is 0.248 e. The lowest BCUT2D eigenvalue weighted by Gasteiger charge is -2.10. The van der Waals surface area contributed by atoms with Crippen LogP contribution in [-0.2, 0) is 6.18 Å². The molecule has 0 spiro atoms. The van der Waals surface area contributed by atoms with Gasteiger partial charge in [0.25, 0.3) is 0 Å². The van der Waals surface area contributed by atoms with E-state index in [1.807, 2.05) is 6.07 Å². The minimum absolute atomic E-state index is 0.231. The fourth-order valence-electron chi connectivity index (χ4n) is 2.26. The van der Waals surface area contributed by atoms with Gasteiger partial charge in [0, 0.05) is 16.7 Å². The zero-order valence-corrected chi connectivity index (χ0v) is 13.9. The first-order valence-corrected chi connectivity index (χ1v) is 8.19. The van der Waals surface area contributed by atoms with Crippen LogP contribution in [-0.4, -0.2) is 4.98 Å². The molecule has 0 aliphatic heterocycles. The molecule has 0 aliphatic rings. The second kappa shape index (κ2) is 7.18. The molecule has 1 aromatic heterocycles. The molecule has 0 unspecified atom stereocenters. The van der Waals surface area contributed by atoms with Crippen molar-refractivity contribution in [2.24, 2.45) is 0 Å². The van der Waals surface area contributed by atoms with Crippen molar-refractivity contribution in [3.05, 3.63) is 77.7 Å². The summed E-state index contributed by atoms with van der Waals surface area (Å²) in [5, 5.41) is 9.75. The second-order valence-electron chi connectivity index (χ2n) is 5.32. The summed E-state index contributed by atoms with van der Waals surface area (Å²) in [5.41, 5.74) is 0.200. The molecule has 3 rings (SSSR count). The van der Waals surface area contributed by atoms with Gasteiger partial charge in [0.15, 0.2) is 0 Å².